The zero-order valence-electron chi connectivity index (χ0n) is 12.6. The number of hydrazone groups is 1. The summed E-state index contributed by atoms with van der Waals surface area (Å²) < 4.78 is 5.61. The number of anilines is 1. The lowest BCUT2D eigenvalue weighted by molar-refractivity contribution is 0.0946. The number of aryl methyl sites for hydroxylation is 1. The Morgan fingerprint density at radius 1 is 1.36 bits per heavy atom. The van der Waals surface area contributed by atoms with Crippen LogP contribution in [0.25, 0.3) is 5.82 Å². The van der Waals surface area contributed by atoms with Crippen molar-refractivity contribution in [3.05, 3.63) is 45.2 Å². The molecule has 0 aliphatic carbocycles. The zero-order chi connectivity index (χ0) is 18.0. The van der Waals surface area contributed by atoms with E-state index in [-0.39, 0.29) is 17.3 Å². The van der Waals surface area contributed by atoms with Crippen LogP contribution in [0, 0.1) is 6.92 Å². The van der Waals surface area contributed by atoms with Gasteiger partial charge in [-0.05, 0) is 29.4 Å². The van der Waals surface area contributed by atoms with E-state index in [1.807, 2.05) is 0 Å². The highest BCUT2D eigenvalue weighted by atomic mass is 35.5. The molecule has 0 saturated carbocycles. The molecule has 3 N–H and O–H groups in total. The third-order valence-corrected chi connectivity index (χ3v) is 3.77. The maximum Gasteiger partial charge on any atom is 0.292 e. The smallest absolute Gasteiger partial charge is 0.292 e. The summed E-state index contributed by atoms with van der Waals surface area (Å²) in [5.74, 6) is -0.585. The van der Waals surface area contributed by atoms with E-state index in [0.29, 0.717) is 21.3 Å². The van der Waals surface area contributed by atoms with Crippen LogP contribution in [-0.2, 0) is 0 Å². The Bertz CT molecular complexity index is 945. The molecule has 0 atom stereocenters. The number of amides is 1. The molecule has 3 rings (SSSR count). The highest BCUT2D eigenvalue weighted by molar-refractivity contribution is 6.38. The molecule has 25 heavy (non-hydrogen) atoms. The average molecular weight is 381 g/mol. The molecule has 0 unspecified atom stereocenters. The molecule has 0 radical (unpaired) electrons. The fourth-order valence-corrected chi connectivity index (χ4v) is 2.44. The molecule has 2 heterocycles. The summed E-state index contributed by atoms with van der Waals surface area (Å²) in [5.41, 5.74) is 8.84. The first-order chi connectivity index (χ1) is 12.0. The number of halogens is 2. The Kier molecular flexibility index (Phi) is 4.63. The summed E-state index contributed by atoms with van der Waals surface area (Å²) in [6, 6.07) is 5.00. The van der Waals surface area contributed by atoms with E-state index in [1.54, 1.807) is 25.1 Å². The fourth-order valence-electron chi connectivity index (χ4n) is 1.95. The van der Waals surface area contributed by atoms with Gasteiger partial charge in [-0.25, -0.2) is 10.1 Å². The van der Waals surface area contributed by atoms with Crippen LogP contribution in [-0.4, -0.2) is 37.4 Å². The molecule has 1 aromatic carbocycles. The van der Waals surface area contributed by atoms with Crippen LogP contribution in [0.2, 0.25) is 10.0 Å². The lowest BCUT2D eigenvalue weighted by Gasteiger charge is -2.03. The monoisotopic (exact) mass is 380 g/mol. The van der Waals surface area contributed by atoms with E-state index in [9.17, 15) is 4.79 Å². The van der Waals surface area contributed by atoms with E-state index < -0.39 is 5.91 Å². The van der Waals surface area contributed by atoms with E-state index >= 15 is 0 Å². The van der Waals surface area contributed by atoms with E-state index in [0.717, 1.165) is 4.68 Å². The van der Waals surface area contributed by atoms with Crippen LogP contribution in [0.5, 0.6) is 0 Å². The third-order valence-electron chi connectivity index (χ3n) is 3.11. The first kappa shape index (κ1) is 16.9. The molecule has 128 valence electrons. The molecule has 0 fully saturated rings. The number of carbonyl (C=O) groups is 1. The first-order valence-corrected chi connectivity index (χ1v) is 7.52. The van der Waals surface area contributed by atoms with Crippen molar-refractivity contribution in [2.24, 2.45) is 5.10 Å². The van der Waals surface area contributed by atoms with Gasteiger partial charge in [0.2, 0.25) is 11.6 Å². The molecule has 0 bridgehead atoms. The number of hydrogen-bond donors (Lipinski definition) is 2. The van der Waals surface area contributed by atoms with Crippen molar-refractivity contribution in [1.29, 1.82) is 0 Å². The number of nitrogens with two attached hydrogens (primary N) is 1. The quantitative estimate of drug-likeness (QED) is 0.517. The van der Waals surface area contributed by atoms with Crippen LogP contribution in [0.3, 0.4) is 0 Å². The lowest BCUT2D eigenvalue weighted by atomic mass is 10.2. The zero-order valence-corrected chi connectivity index (χ0v) is 14.2. The van der Waals surface area contributed by atoms with Crippen LogP contribution < -0.4 is 11.2 Å². The summed E-state index contributed by atoms with van der Waals surface area (Å²) in [7, 11) is 0. The minimum Gasteiger partial charge on any atom is -0.378 e. The number of nitrogens with one attached hydrogen (secondary N) is 1. The molecule has 3 aromatic rings. The molecule has 2 aromatic heterocycles. The van der Waals surface area contributed by atoms with Gasteiger partial charge in [0, 0.05) is 5.56 Å². The molecule has 10 nitrogen and oxygen atoms in total. The Labute approximate surface area is 150 Å². The van der Waals surface area contributed by atoms with Crippen molar-refractivity contribution in [3.8, 4) is 5.82 Å². The summed E-state index contributed by atoms with van der Waals surface area (Å²) in [5, 5.41) is 19.3. The SMILES string of the molecule is Cc1nnn(-c2nonc2N)c1C(=O)NN=Cc1c(Cl)cccc1Cl. The van der Waals surface area contributed by atoms with Crippen LogP contribution in [0.1, 0.15) is 21.7 Å². The van der Waals surface area contributed by atoms with E-state index in [4.69, 9.17) is 28.9 Å². The number of carbonyl (C=O) groups excluding carboxylic acids is 1. The van der Waals surface area contributed by atoms with Gasteiger partial charge in [0.15, 0.2) is 5.69 Å². The van der Waals surface area contributed by atoms with Crippen LogP contribution in [0.15, 0.2) is 27.9 Å². The fraction of sp³-hybridized carbons (Fsp3) is 0.0769. The van der Waals surface area contributed by atoms with E-state index in [2.05, 4.69) is 35.8 Å². The van der Waals surface area contributed by atoms with Gasteiger partial charge in [-0.2, -0.15) is 9.78 Å². The second kappa shape index (κ2) is 6.87. The highest BCUT2D eigenvalue weighted by Gasteiger charge is 2.22. The first-order valence-electron chi connectivity index (χ1n) is 6.77. The second-order valence-corrected chi connectivity index (χ2v) is 5.56. The molecule has 0 spiro atoms. The largest absolute Gasteiger partial charge is 0.378 e. The van der Waals surface area contributed by atoms with Crippen molar-refractivity contribution in [3.63, 3.8) is 0 Å². The van der Waals surface area contributed by atoms with Gasteiger partial charge in [-0.1, -0.05) is 34.5 Å². The molecular formula is C13H10Cl2N8O2. The number of nitrogen functional groups attached to an aromatic ring is 1. The van der Waals surface area contributed by atoms with Crippen molar-refractivity contribution < 1.29 is 9.42 Å². The summed E-state index contributed by atoms with van der Waals surface area (Å²) in [4.78, 5) is 12.4. The van der Waals surface area contributed by atoms with Gasteiger partial charge in [0.1, 0.15) is 0 Å². The summed E-state index contributed by atoms with van der Waals surface area (Å²) in [6.07, 6.45) is 1.33. The topological polar surface area (TPSA) is 137 Å². The Morgan fingerprint density at radius 2 is 2.08 bits per heavy atom. The number of benzene rings is 1. The molecule has 0 aliphatic rings. The van der Waals surface area contributed by atoms with Gasteiger partial charge in [-0.15, -0.1) is 5.10 Å². The molecule has 1 amide bonds. The predicted octanol–water partition coefficient (Wildman–Crippen LogP) is 1.61. The number of hydrogen-bond acceptors (Lipinski definition) is 8. The molecule has 12 heteroatoms. The normalized spacial score (nSPS) is 11.2. The maximum absolute atomic E-state index is 12.4. The van der Waals surface area contributed by atoms with Crippen molar-refractivity contribution in [2.45, 2.75) is 6.92 Å². The second-order valence-electron chi connectivity index (χ2n) is 4.74. The average Bonchev–Trinajstić information content (AvgIpc) is 3.15. The molecule has 0 aliphatic heterocycles. The van der Waals surface area contributed by atoms with Crippen molar-refractivity contribution in [1.82, 2.24) is 30.7 Å². The van der Waals surface area contributed by atoms with Gasteiger partial charge in [0.25, 0.3) is 5.91 Å². The summed E-state index contributed by atoms with van der Waals surface area (Å²) in [6.45, 7) is 1.59. The Balaban J connectivity index is 1.84. The molecule has 0 saturated heterocycles. The van der Waals surface area contributed by atoms with Crippen molar-refractivity contribution >= 4 is 41.1 Å². The number of aromatic nitrogens is 5. The minimum absolute atomic E-state index is 0.0368. The van der Waals surface area contributed by atoms with Crippen molar-refractivity contribution in [2.75, 3.05) is 5.73 Å². The van der Waals surface area contributed by atoms with Gasteiger partial charge in [0.05, 0.1) is 22.0 Å². The number of rotatable bonds is 4. The number of nitrogens with zero attached hydrogens (tertiary/aromatic N) is 6. The van der Waals surface area contributed by atoms with Gasteiger partial charge in [-0.3, -0.25) is 4.79 Å². The van der Waals surface area contributed by atoms with Crippen LogP contribution >= 0.6 is 23.2 Å². The van der Waals surface area contributed by atoms with E-state index in [1.165, 1.54) is 6.21 Å². The molecular weight excluding hydrogens is 371 g/mol. The Morgan fingerprint density at radius 3 is 2.72 bits per heavy atom. The maximum atomic E-state index is 12.4. The third kappa shape index (κ3) is 3.30. The van der Waals surface area contributed by atoms with Gasteiger partial charge >= 0.3 is 0 Å². The van der Waals surface area contributed by atoms with Gasteiger partial charge < -0.3 is 5.73 Å². The summed E-state index contributed by atoms with van der Waals surface area (Å²) >= 11 is 12.1. The highest BCUT2D eigenvalue weighted by Crippen LogP contribution is 2.22. The van der Waals surface area contributed by atoms with Crippen LogP contribution in [0.4, 0.5) is 5.82 Å². The predicted molar refractivity (Wildman–Crippen MR) is 89.9 cm³/mol. The standard InChI is InChI=1S/C13H10Cl2N8O2/c1-6-10(23(22-18-6)12-11(16)20-25-21-12)13(24)19-17-5-7-8(14)3-2-4-9(7)15/h2-5H,1H3,(H2,16,20)(H,19,24). The Hall–Kier alpha value is -2.98. The minimum atomic E-state index is -0.593. The lowest BCUT2D eigenvalue weighted by Crippen LogP contribution is -2.22.